The van der Waals surface area contributed by atoms with Crippen molar-refractivity contribution in [2.24, 2.45) is 0 Å². The van der Waals surface area contributed by atoms with Crippen LogP contribution in [0.4, 0.5) is 5.69 Å². The highest BCUT2D eigenvalue weighted by Crippen LogP contribution is 2.27. The van der Waals surface area contributed by atoms with Gasteiger partial charge in [-0.1, -0.05) is 55.9 Å². The van der Waals surface area contributed by atoms with Gasteiger partial charge in [-0.25, -0.2) is 9.97 Å². The smallest absolute Gasteiger partial charge is 0.268 e. The lowest BCUT2D eigenvalue weighted by molar-refractivity contribution is -0.115. The second-order valence-electron chi connectivity index (χ2n) is 7.30. The lowest BCUT2D eigenvalue weighted by atomic mass is 10.1. The number of amides is 1. The summed E-state index contributed by atoms with van der Waals surface area (Å²) in [6.07, 6.45) is 3.13. The maximum Gasteiger partial charge on any atom is 0.268 e. The van der Waals surface area contributed by atoms with E-state index in [0.29, 0.717) is 28.3 Å². The molecule has 6 nitrogen and oxygen atoms in total. The Morgan fingerprint density at radius 2 is 1.78 bits per heavy atom. The molecule has 2 heterocycles. The van der Waals surface area contributed by atoms with Crippen LogP contribution in [-0.2, 0) is 11.2 Å². The van der Waals surface area contributed by atoms with E-state index in [1.165, 1.54) is 17.3 Å². The minimum atomic E-state index is -0.427. The minimum Gasteiger partial charge on any atom is -0.325 e. The zero-order valence-electron chi connectivity index (χ0n) is 18.0. The molecule has 0 unspecified atom stereocenters. The second kappa shape index (κ2) is 9.78. The van der Waals surface area contributed by atoms with Crippen LogP contribution in [0.3, 0.4) is 0 Å². The largest absolute Gasteiger partial charge is 0.325 e. The molecular weight excluding hydrogens is 420 g/mol. The lowest BCUT2D eigenvalue weighted by Crippen LogP contribution is -2.27. The maximum absolute atomic E-state index is 13.3. The van der Waals surface area contributed by atoms with E-state index in [1.54, 1.807) is 22.9 Å². The Morgan fingerprint density at radius 1 is 1.03 bits per heavy atom. The van der Waals surface area contributed by atoms with Crippen LogP contribution < -0.4 is 10.9 Å². The molecule has 0 saturated heterocycles. The predicted molar refractivity (Wildman–Crippen MR) is 130 cm³/mol. The molecule has 7 heteroatoms. The molecule has 0 bridgehead atoms. The van der Waals surface area contributed by atoms with Gasteiger partial charge in [-0.3, -0.25) is 14.2 Å². The van der Waals surface area contributed by atoms with E-state index in [4.69, 9.17) is 0 Å². The number of hydrogen-bond acceptors (Lipinski definition) is 5. The van der Waals surface area contributed by atoms with Crippen LogP contribution in [0.15, 0.2) is 82.9 Å². The SMILES string of the molecule is CCc1ccc(NC(=O)[C@@H](CC)Sc2nc3ncccc3c(=O)n2-c2ccccc2)cc1. The third-order valence-corrected chi connectivity index (χ3v) is 6.48. The number of fused-ring (bicyclic) bond motifs is 1. The Labute approximate surface area is 190 Å². The van der Waals surface area contributed by atoms with Crippen molar-refractivity contribution in [1.29, 1.82) is 0 Å². The number of pyridine rings is 1. The second-order valence-corrected chi connectivity index (χ2v) is 8.47. The summed E-state index contributed by atoms with van der Waals surface area (Å²) < 4.78 is 1.56. The first-order valence-corrected chi connectivity index (χ1v) is 11.5. The van der Waals surface area contributed by atoms with Crippen molar-refractivity contribution in [2.45, 2.75) is 37.1 Å². The third-order valence-electron chi connectivity index (χ3n) is 5.17. The van der Waals surface area contributed by atoms with Gasteiger partial charge in [-0.05, 0) is 54.8 Å². The fourth-order valence-electron chi connectivity index (χ4n) is 3.38. The van der Waals surface area contributed by atoms with E-state index in [-0.39, 0.29) is 11.5 Å². The Hall–Kier alpha value is -3.45. The van der Waals surface area contributed by atoms with Crippen LogP contribution in [0.25, 0.3) is 16.7 Å². The summed E-state index contributed by atoms with van der Waals surface area (Å²) in [7, 11) is 0. The zero-order chi connectivity index (χ0) is 22.5. The van der Waals surface area contributed by atoms with E-state index < -0.39 is 5.25 Å². The van der Waals surface area contributed by atoms with Crippen molar-refractivity contribution in [3.63, 3.8) is 0 Å². The standard InChI is InChI=1S/C25H24N4O2S/c1-3-17-12-14-18(15-13-17)27-23(30)21(4-2)32-25-28-22-20(11-8-16-26-22)24(31)29(25)19-9-6-5-7-10-19/h5-16,21H,3-4H2,1-2H3,(H,27,30)/t21-/m1/s1. The van der Waals surface area contributed by atoms with Gasteiger partial charge in [-0.2, -0.15) is 0 Å². The average Bonchev–Trinajstić information content (AvgIpc) is 2.83. The summed E-state index contributed by atoms with van der Waals surface area (Å²) >= 11 is 1.27. The minimum absolute atomic E-state index is 0.128. The maximum atomic E-state index is 13.3. The van der Waals surface area contributed by atoms with Gasteiger partial charge in [0, 0.05) is 11.9 Å². The number of aryl methyl sites for hydroxylation is 1. The highest BCUT2D eigenvalue weighted by molar-refractivity contribution is 8.00. The summed E-state index contributed by atoms with van der Waals surface area (Å²) in [5, 5.41) is 3.44. The van der Waals surface area contributed by atoms with Crippen molar-refractivity contribution >= 4 is 34.4 Å². The molecule has 1 N–H and O–H groups in total. The summed E-state index contributed by atoms with van der Waals surface area (Å²) in [5.41, 5.74) is 2.83. The molecule has 0 aliphatic carbocycles. The van der Waals surface area contributed by atoms with Gasteiger partial charge < -0.3 is 5.32 Å². The molecule has 2 aromatic heterocycles. The van der Waals surface area contributed by atoms with E-state index in [2.05, 4.69) is 22.2 Å². The summed E-state index contributed by atoms with van der Waals surface area (Å²) in [6.45, 7) is 4.04. The molecule has 4 rings (SSSR count). The molecule has 0 aliphatic heterocycles. The number of para-hydroxylation sites is 1. The fraction of sp³-hybridized carbons (Fsp3) is 0.200. The molecule has 0 aliphatic rings. The van der Waals surface area contributed by atoms with Crippen molar-refractivity contribution < 1.29 is 4.79 Å². The van der Waals surface area contributed by atoms with Gasteiger partial charge in [0.1, 0.15) is 0 Å². The van der Waals surface area contributed by atoms with E-state index in [9.17, 15) is 9.59 Å². The molecule has 162 valence electrons. The van der Waals surface area contributed by atoms with Gasteiger partial charge in [0.25, 0.3) is 5.56 Å². The Bertz CT molecular complexity index is 1290. The zero-order valence-corrected chi connectivity index (χ0v) is 18.8. The monoisotopic (exact) mass is 444 g/mol. The first kappa shape index (κ1) is 21.8. The molecule has 0 radical (unpaired) electrons. The van der Waals surface area contributed by atoms with Crippen molar-refractivity contribution in [2.75, 3.05) is 5.32 Å². The summed E-state index contributed by atoms with van der Waals surface area (Å²) in [5.74, 6) is -0.128. The highest BCUT2D eigenvalue weighted by Gasteiger charge is 2.23. The van der Waals surface area contributed by atoms with Crippen molar-refractivity contribution in [3.05, 3.63) is 88.8 Å². The van der Waals surface area contributed by atoms with Gasteiger partial charge in [0.15, 0.2) is 10.8 Å². The Balaban J connectivity index is 1.69. The van der Waals surface area contributed by atoms with Crippen LogP contribution in [-0.4, -0.2) is 25.7 Å². The molecule has 2 aromatic carbocycles. The number of carbonyl (C=O) groups excluding carboxylic acids is 1. The van der Waals surface area contributed by atoms with Crippen LogP contribution in [0, 0.1) is 0 Å². The Kier molecular flexibility index (Phi) is 6.66. The third kappa shape index (κ3) is 4.57. The van der Waals surface area contributed by atoms with E-state index in [0.717, 1.165) is 12.1 Å². The predicted octanol–water partition coefficient (Wildman–Crippen LogP) is 4.85. The molecule has 32 heavy (non-hydrogen) atoms. The fourth-order valence-corrected chi connectivity index (χ4v) is 4.40. The quantitative estimate of drug-likeness (QED) is 0.326. The van der Waals surface area contributed by atoms with E-state index in [1.807, 2.05) is 61.5 Å². The number of aromatic nitrogens is 3. The molecule has 4 aromatic rings. The van der Waals surface area contributed by atoms with Crippen molar-refractivity contribution in [1.82, 2.24) is 14.5 Å². The Morgan fingerprint density at radius 3 is 2.47 bits per heavy atom. The molecule has 1 amide bonds. The number of thioether (sulfide) groups is 1. The van der Waals surface area contributed by atoms with E-state index >= 15 is 0 Å². The van der Waals surface area contributed by atoms with Crippen LogP contribution in [0.2, 0.25) is 0 Å². The summed E-state index contributed by atoms with van der Waals surface area (Å²) in [4.78, 5) is 35.3. The first-order chi connectivity index (χ1) is 15.6. The molecular formula is C25H24N4O2S. The van der Waals surface area contributed by atoms with Crippen LogP contribution in [0.1, 0.15) is 25.8 Å². The lowest BCUT2D eigenvalue weighted by Gasteiger charge is -2.18. The number of hydrogen-bond donors (Lipinski definition) is 1. The average molecular weight is 445 g/mol. The molecule has 0 fully saturated rings. The summed E-state index contributed by atoms with van der Waals surface area (Å²) in [6, 6.07) is 20.6. The molecule has 0 spiro atoms. The number of nitrogens with one attached hydrogen (secondary N) is 1. The molecule has 1 atom stereocenters. The topological polar surface area (TPSA) is 76.9 Å². The van der Waals surface area contributed by atoms with Crippen molar-refractivity contribution in [3.8, 4) is 5.69 Å². The normalized spacial score (nSPS) is 11.9. The van der Waals surface area contributed by atoms with Gasteiger partial charge >= 0.3 is 0 Å². The van der Waals surface area contributed by atoms with Gasteiger partial charge in [-0.15, -0.1) is 0 Å². The number of nitrogens with zero attached hydrogens (tertiary/aromatic N) is 3. The van der Waals surface area contributed by atoms with Gasteiger partial charge in [0.05, 0.1) is 16.3 Å². The van der Waals surface area contributed by atoms with Crippen LogP contribution in [0.5, 0.6) is 0 Å². The van der Waals surface area contributed by atoms with Gasteiger partial charge in [0.2, 0.25) is 5.91 Å². The number of anilines is 1. The van der Waals surface area contributed by atoms with Crippen LogP contribution >= 0.6 is 11.8 Å². The number of rotatable bonds is 7. The first-order valence-electron chi connectivity index (χ1n) is 10.6. The number of carbonyl (C=O) groups is 1. The highest BCUT2D eigenvalue weighted by atomic mass is 32.2. The number of benzene rings is 2. The molecule has 0 saturated carbocycles.